The molecular weight excluding hydrogens is 271 g/mol. The van der Waals surface area contributed by atoms with Gasteiger partial charge in [0.1, 0.15) is 5.82 Å². The summed E-state index contributed by atoms with van der Waals surface area (Å²) in [5.74, 6) is -0.182. The molecule has 1 aromatic rings. The van der Waals surface area contributed by atoms with E-state index < -0.39 is 0 Å². The lowest BCUT2D eigenvalue weighted by atomic mass is 10.1. The van der Waals surface area contributed by atoms with Crippen molar-refractivity contribution in [1.82, 2.24) is 5.32 Å². The lowest BCUT2D eigenvalue weighted by molar-refractivity contribution is 0.191. The van der Waals surface area contributed by atoms with Gasteiger partial charge in [0.2, 0.25) is 0 Å². The first-order valence-corrected chi connectivity index (χ1v) is 7.44. The van der Waals surface area contributed by atoms with E-state index in [1.807, 2.05) is 24.0 Å². The van der Waals surface area contributed by atoms with Crippen molar-refractivity contribution in [2.75, 3.05) is 52.0 Å². The van der Waals surface area contributed by atoms with Gasteiger partial charge >= 0.3 is 0 Å². The first-order valence-electron chi connectivity index (χ1n) is 7.44. The van der Waals surface area contributed by atoms with E-state index in [1.165, 1.54) is 0 Å². The van der Waals surface area contributed by atoms with E-state index in [0.29, 0.717) is 32.0 Å². The lowest BCUT2D eigenvalue weighted by Gasteiger charge is -2.25. The standard InChI is InChI=1S/C16H27FN2O2/c1-4-18-13-14-6-7-16(15(17)12-14)19(9-11-21-3)8-5-10-20-2/h6-7,12,18H,4-5,8-11,13H2,1-3H3. The zero-order valence-electron chi connectivity index (χ0n) is 13.3. The van der Waals surface area contributed by atoms with Crippen molar-refractivity contribution in [1.29, 1.82) is 0 Å². The average molecular weight is 298 g/mol. The highest BCUT2D eigenvalue weighted by atomic mass is 19.1. The second-order valence-corrected chi connectivity index (χ2v) is 4.89. The normalized spacial score (nSPS) is 10.9. The Morgan fingerprint density at radius 3 is 2.52 bits per heavy atom. The molecule has 0 bridgehead atoms. The Morgan fingerprint density at radius 1 is 1.14 bits per heavy atom. The van der Waals surface area contributed by atoms with Gasteiger partial charge in [0.25, 0.3) is 0 Å². The van der Waals surface area contributed by atoms with Gasteiger partial charge in [-0.05, 0) is 30.7 Å². The van der Waals surface area contributed by atoms with Crippen molar-refractivity contribution in [2.24, 2.45) is 0 Å². The predicted octanol–water partition coefficient (Wildman–Crippen LogP) is 2.42. The van der Waals surface area contributed by atoms with Crippen LogP contribution in [0.2, 0.25) is 0 Å². The van der Waals surface area contributed by atoms with E-state index >= 15 is 0 Å². The van der Waals surface area contributed by atoms with Crippen LogP contribution in [-0.2, 0) is 16.0 Å². The van der Waals surface area contributed by atoms with E-state index in [4.69, 9.17) is 9.47 Å². The van der Waals surface area contributed by atoms with E-state index in [-0.39, 0.29) is 5.82 Å². The van der Waals surface area contributed by atoms with Gasteiger partial charge in [-0.25, -0.2) is 4.39 Å². The number of nitrogens with zero attached hydrogens (tertiary/aromatic N) is 1. The van der Waals surface area contributed by atoms with Crippen LogP contribution >= 0.6 is 0 Å². The summed E-state index contributed by atoms with van der Waals surface area (Å²) in [6, 6.07) is 5.43. The number of anilines is 1. The minimum Gasteiger partial charge on any atom is -0.385 e. The minimum absolute atomic E-state index is 0.182. The molecule has 21 heavy (non-hydrogen) atoms. The van der Waals surface area contributed by atoms with Crippen LogP contribution in [0.4, 0.5) is 10.1 Å². The molecule has 0 spiro atoms. The van der Waals surface area contributed by atoms with E-state index in [1.54, 1.807) is 20.3 Å². The van der Waals surface area contributed by atoms with Gasteiger partial charge in [-0.1, -0.05) is 13.0 Å². The van der Waals surface area contributed by atoms with Gasteiger partial charge in [0.05, 0.1) is 12.3 Å². The SMILES string of the molecule is CCNCc1ccc(N(CCCOC)CCOC)c(F)c1. The summed E-state index contributed by atoms with van der Waals surface area (Å²) < 4.78 is 24.5. The van der Waals surface area contributed by atoms with Gasteiger partial charge < -0.3 is 19.7 Å². The molecule has 0 atom stereocenters. The second-order valence-electron chi connectivity index (χ2n) is 4.89. The zero-order chi connectivity index (χ0) is 15.5. The maximum absolute atomic E-state index is 14.3. The van der Waals surface area contributed by atoms with E-state index in [9.17, 15) is 4.39 Å². The highest BCUT2D eigenvalue weighted by Crippen LogP contribution is 2.21. The van der Waals surface area contributed by atoms with Crippen LogP contribution in [0.3, 0.4) is 0 Å². The summed E-state index contributed by atoms with van der Waals surface area (Å²) in [6.45, 7) is 6.27. The van der Waals surface area contributed by atoms with Crippen molar-refractivity contribution in [3.05, 3.63) is 29.6 Å². The quantitative estimate of drug-likeness (QED) is 0.636. The molecule has 0 heterocycles. The molecule has 0 unspecified atom stereocenters. The third-order valence-corrected chi connectivity index (χ3v) is 3.27. The Balaban J connectivity index is 2.75. The fraction of sp³-hybridized carbons (Fsp3) is 0.625. The van der Waals surface area contributed by atoms with Crippen LogP contribution in [0.25, 0.3) is 0 Å². The Kier molecular flexibility index (Phi) is 8.98. The molecule has 0 aliphatic carbocycles. The smallest absolute Gasteiger partial charge is 0.146 e. The van der Waals surface area contributed by atoms with Crippen molar-refractivity contribution in [2.45, 2.75) is 19.9 Å². The Bertz CT molecular complexity index is 402. The molecule has 0 radical (unpaired) electrons. The van der Waals surface area contributed by atoms with Crippen LogP contribution in [0.1, 0.15) is 18.9 Å². The predicted molar refractivity (Wildman–Crippen MR) is 84.4 cm³/mol. The van der Waals surface area contributed by atoms with Crippen molar-refractivity contribution >= 4 is 5.69 Å². The van der Waals surface area contributed by atoms with Crippen LogP contribution in [-0.4, -0.2) is 47.1 Å². The van der Waals surface area contributed by atoms with Crippen molar-refractivity contribution in [3.63, 3.8) is 0 Å². The fourth-order valence-corrected chi connectivity index (χ4v) is 2.14. The number of methoxy groups -OCH3 is 2. The average Bonchev–Trinajstić information content (AvgIpc) is 2.49. The van der Waals surface area contributed by atoms with Crippen LogP contribution < -0.4 is 10.2 Å². The number of hydrogen-bond donors (Lipinski definition) is 1. The summed E-state index contributed by atoms with van der Waals surface area (Å²) in [7, 11) is 3.33. The maximum Gasteiger partial charge on any atom is 0.146 e. The number of halogens is 1. The van der Waals surface area contributed by atoms with Gasteiger partial charge in [0.15, 0.2) is 0 Å². The van der Waals surface area contributed by atoms with Crippen molar-refractivity contribution in [3.8, 4) is 0 Å². The summed E-state index contributed by atoms with van der Waals surface area (Å²) in [5, 5.41) is 3.20. The molecule has 0 aliphatic heterocycles. The topological polar surface area (TPSA) is 33.7 Å². The summed E-state index contributed by atoms with van der Waals surface area (Å²) in [5.41, 5.74) is 1.59. The van der Waals surface area contributed by atoms with Crippen LogP contribution in [0.15, 0.2) is 18.2 Å². The molecule has 0 saturated carbocycles. The number of rotatable bonds is 11. The Morgan fingerprint density at radius 2 is 1.90 bits per heavy atom. The van der Waals surface area contributed by atoms with Crippen LogP contribution in [0, 0.1) is 5.82 Å². The van der Waals surface area contributed by atoms with E-state index in [2.05, 4.69) is 5.32 Å². The minimum atomic E-state index is -0.182. The second kappa shape index (κ2) is 10.5. The summed E-state index contributed by atoms with van der Waals surface area (Å²) in [6.07, 6.45) is 0.860. The molecule has 0 amide bonds. The third-order valence-electron chi connectivity index (χ3n) is 3.27. The molecular formula is C16H27FN2O2. The highest BCUT2D eigenvalue weighted by Gasteiger charge is 2.12. The lowest BCUT2D eigenvalue weighted by Crippen LogP contribution is -2.30. The summed E-state index contributed by atoms with van der Waals surface area (Å²) >= 11 is 0. The molecule has 1 rings (SSSR count). The molecule has 0 fully saturated rings. The number of benzene rings is 1. The zero-order valence-corrected chi connectivity index (χ0v) is 13.3. The third kappa shape index (κ3) is 6.42. The molecule has 1 aromatic carbocycles. The number of hydrogen-bond acceptors (Lipinski definition) is 4. The monoisotopic (exact) mass is 298 g/mol. The van der Waals surface area contributed by atoms with Gasteiger partial charge in [-0.15, -0.1) is 0 Å². The largest absolute Gasteiger partial charge is 0.385 e. The molecule has 0 saturated heterocycles. The van der Waals surface area contributed by atoms with Gasteiger partial charge in [-0.2, -0.15) is 0 Å². The fourth-order valence-electron chi connectivity index (χ4n) is 2.14. The highest BCUT2D eigenvalue weighted by molar-refractivity contribution is 5.49. The first kappa shape index (κ1) is 17.9. The molecule has 4 nitrogen and oxygen atoms in total. The molecule has 120 valence electrons. The molecule has 1 N–H and O–H groups in total. The number of nitrogens with one attached hydrogen (secondary N) is 1. The maximum atomic E-state index is 14.3. The van der Waals surface area contributed by atoms with Crippen LogP contribution in [0.5, 0.6) is 0 Å². The molecule has 0 aliphatic rings. The Labute approximate surface area is 127 Å². The summed E-state index contributed by atoms with van der Waals surface area (Å²) in [4.78, 5) is 2.01. The first-order chi connectivity index (χ1) is 10.2. The Hall–Kier alpha value is -1.17. The number of ether oxygens (including phenoxy) is 2. The molecule has 0 aromatic heterocycles. The van der Waals surface area contributed by atoms with E-state index in [0.717, 1.165) is 25.1 Å². The van der Waals surface area contributed by atoms with Gasteiger partial charge in [0, 0.05) is 40.5 Å². The van der Waals surface area contributed by atoms with Crippen molar-refractivity contribution < 1.29 is 13.9 Å². The van der Waals surface area contributed by atoms with Gasteiger partial charge in [-0.3, -0.25) is 0 Å². The molecule has 5 heteroatoms.